The minimum absolute atomic E-state index is 0.121. The smallest absolute Gasteiger partial charge is 0.253 e. The number of aromatic nitrogens is 2. The van der Waals surface area contributed by atoms with Gasteiger partial charge in [-0.15, -0.1) is 0 Å². The van der Waals surface area contributed by atoms with Crippen LogP contribution in [0.3, 0.4) is 0 Å². The van der Waals surface area contributed by atoms with E-state index in [2.05, 4.69) is 33.4 Å². The number of carbonyl (C=O) groups is 1. The van der Waals surface area contributed by atoms with Gasteiger partial charge in [0.2, 0.25) is 0 Å². The number of nitrogens with zero attached hydrogens (tertiary/aromatic N) is 3. The van der Waals surface area contributed by atoms with Crippen LogP contribution in [-0.4, -0.2) is 22.3 Å². The highest BCUT2D eigenvalue weighted by molar-refractivity contribution is 5.94. The van der Waals surface area contributed by atoms with Crippen molar-refractivity contribution in [3.63, 3.8) is 0 Å². The van der Waals surface area contributed by atoms with Crippen LogP contribution in [0.5, 0.6) is 0 Å². The molecule has 0 radical (unpaired) electrons. The van der Waals surface area contributed by atoms with E-state index < -0.39 is 0 Å². The van der Waals surface area contributed by atoms with Crippen LogP contribution in [0.1, 0.15) is 16.1 Å². The van der Waals surface area contributed by atoms with Gasteiger partial charge in [-0.3, -0.25) is 9.78 Å². The molecule has 0 aliphatic carbocycles. The summed E-state index contributed by atoms with van der Waals surface area (Å²) in [7, 11) is 2.02. The fraction of sp³-hybridized carbons (Fsp3) is 0.0909. The number of anilines is 2. The Kier molecular flexibility index (Phi) is 4.58. The summed E-state index contributed by atoms with van der Waals surface area (Å²) < 4.78 is 2.03. The zero-order valence-electron chi connectivity index (χ0n) is 15.0. The van der Waals surface area contributed by atoms with Crippen molar-refractivity contribution >= 4 is 22.9 Å². The molecule has 0 aliphatic heterocycles. The van der Waals surface area contributed by atoms with E-state index in [0.717, 1.165) is 22.7 Å². The van der Waals surface area contributed by atoms with Gasteiger partial charge in [0.25, 0.3) is 5.91 Å². The summed E-state index contributed by atoms with van der Waals surface area (Å²) in [6.07, 6.45) is 3.59. The zero-order valence-corrected chi connectivity index (χ0v) is 15.0. The predicted octanol–water partition coefficient (Wildman–Crippen LogP) is 4.03. The number of hydrogen-bond acceptors (Lipinski definition) is 3. The largest absolute Gasteiger partial charge is 0.346 e. The van der Waals surface area contributed by atoms with E-state index in [1.165, 1.54) is 0 Å². The van der Waals surface area contributed by atoms with Crippen LogP contribution < -0.4 is 10.2 Å². The molecule has 0 spiro atoms. The summed E-state index contributed by atoms with van der Waals surface area (Å²) in [5, 5.41) is 2.92. The summed E-state index contributed by atoms with van der Waals surface area (Å²) >= 11 is 0. The van der Waals surface area contributed by atoms with Crippen molar-refractivity contribution in [2.45, 2.75) is 6.54 Å². The maximum Gasteiger partial charge on any atom is 0.253 e. The molecule has 0 fully saturated rings. The fourth-order valence-electron chi connectivity index (χ4n) is 3.05. The Morgan fingerprint density at radius 1 is 1.00 bits per heavy atom. The number of amides is 1. The van der Waals surface area contributed by atoms with Gasteiger partial charge < -0.3 is 14.6 Å². The van der Waals surface area contributed by atoms with E-state index in [9.17, 15) is 4.79 Å². The minimum atomic E-state index is -0.121. The van der Waals surface area contributed by atoms with E-state index in [1.807, 2.05) is 72.2 Å². The molecule has 4 aromatic rings. The van der Waals surface area contributed by atoms with Crippen molar-refractivity contribution in [3.8, 4) is 0 Å². The highest BCUT2D eigenvalue weighted by Crippen LogP contribution is 2.26. The first-order chi connectivity index (χ1) is 13.2. The number of nitrogens with one attached hydrogen (secondary N) is 1. The zero-order chi connectivity index (χ0) is 18.6. The van der Waals surface area contributed by atoms with Crippen LogP contribution in [0, 0.1) is 0 Å². The van der Waals surface area contributed by atoms with Gasteiger partial charge in [0.1, 0.15) is 5.82 Å². The number of hydrogen-bond donors (Lipinski definition) is 1. The van der Waals surface area contributed by atoms with Crippen LogP contribution in [0.4, 0.5) is 11.5 Å². The lowest BCUT2D eigenvalue weighted by Gasteiger charge is -2.19. The molecule has 1 N–H and O–H groups in total. The Balaban J connectivity index is 1.59. The van der Waals surface area contributed by atoms with Gasteiger partial charge in [-0.1, -0.05) is 24.3 Å². The first-order valence-corrected chi connectivity index (χ1v) is 8.80. The molecular weight excluding hydrogens is 336 g/mol. The monoisotopic (exact) mass is 356 g/mol. The highest BCUT2D eigenvalue weighted by Gasteiger charge is 2.12. The second-order valence-corrected chi connectivity index (χ2v) is 6.30. The lowest BCUT2D eigenvalue weighted by atomic mass is 10.2. The first kappa shape index (κ1) is 16.8. The van der Waals surface area contributed by atoms with Gasteiger partial charge in [-0.25, -0.2) is 0 Å². The quantitative estimate of drug-likeness (QED) is 0.587. The van der Waals surface area contributed by atoms with Gasteiger partial charge in [-0.05, 0) is 48.5 Å². The lowest BCUT2D eigenvalue weighted by molar-refractivity contribution is 0.0950. The molecule has 5 heteroatoms. The lowest BCUT2D eigenvalue weighted by Crippen LogP contribution is -2.23. The molecule has 0 saturated carbocycles. The molecule has 134 valence electrons. The molecule has 1 amide bonds. The SMILES string of the molecule is CN(c1ccccc1)c1ccc2ccc(C(=O)NCc3ccccn3)cn12. The molecule has 0 unspecified atom stereocenters. The van der Waals surface area contributed by atoms with Crippen LogP contribution in [-0.2, 0) is 6.54 Å². The Morgan fingerprint density at radius 3 is 2.56 bits per heavy atom. The maximum absolute atomic E-state index is 12.6. The number of benzene rings is 1. The summed E-state index contributed by atoms with van der Waals surface area (Å²) in [6, 6.07) is 23.7. The molecule has 27 heavy (non-hydrogen) atoms. The molecule has 1 aromatic carbocycles. The molecule has 4 rings (SSSR count). The third kappa shape index (κ3) is 3.53. The summed E-state index contributed by atoms with van der Waals surface area (Å²) in [6.45, 7) is 0.403. The molecule has 0 saturated heterocycles. The van der Waals surface area contributed by atoms with Gasteiger partial charge in [-0.2, -0.15) is 0 Å². The van der Waals surface area contributed by atoms with Gasteiger partial charge in [0.15, 0.2) is 0 Å². The van der Waals surface area contributed by atoms with Crippen molar-refractivity contribution in [1.82, 2.24) is 14.7 Å². The van der Waals surface area contributed by atoms with Gasteiger partial charge in [0, 0.05) is 30.6 Å². The average Bonchev–Trinajstić information content (AvgIpc) is 3.16. The maximum atomic E-state index is 12.6. The topological polar surface area (TPSA) is 49.6 Å². The Hall–Kier alpha value is -3.60. The molecule has 3 heterocycles. The fourth-order valence-corrected chi connectivity index (χ4v) is 3.05. The van der Waals surface area contributed by atoms with E-state index in [4.69, 9.17) is 0 Å². The second kappa shape index (κ2) is 7.33. The van der Waals surface area contributed by atoms with Crippen LogP contribution in [0.15, 0.2) is 85.2 Å². The number of carbonyl (C=O) groups excluding carboxylic acids is 1. The average molecular weight is 356 g/mol. The van der Waals surface area contributed by atoms with Gasteiger partial charge >= 0.3 is 0 Å². The third-order valence-electron chi connectivity index (χ3n) is 4.54. The normalized spacial score (nSPS) is 10.7. The molecule has 0 bridgehead atoms. The molecule has 0 aliphatic rings. The number of pyridine rings is 2. The first-order valence-electron chi connectivity index (χ1n) is 8.80. The van der Waals surface area contributed by atoms with Crippen molar-refractivity contribution in [2.75, 3.05) is 11.9 Å². The van der Waals surface area contributed by atoms with E-state index in [0.29, 0.717) is 12.1 Å². The van der Waals surface area contributed by atoms with E-state index in [1.54, 1.807) is 6.20 Å². The Labute approximate surface area is 157 Å². The number of fused-ring (bicyclic) bond motifs is 1. The molecule has 5 nitrogen and oxygen atoms in total. The van der Waals surface area contributed by atoms with Crippen LogP contribution in [0.2, 0.25) is 0 Å². The molecular formula is C22H20N4O. The standard InChI is InChI=1S/C22H20N4O/c1-25(19-8-3-2-4-9-19)21-13-12-20-11-10-17(16-26(20)21)22(27)24-15-18-7-5-6-14-23-18/h2-14,16H,15H2,1H3,(H,24,27). The van der Waals surface area contributed by atoms with Crippen LogP contribution in [0.25, 0.3) is 5.52 Å². The predicted molar refractivity (Wildman–Crippen MR) is 107 cm³/mol. The second-order valence-electron chi connectivity index (χ2n) is 6.30. The van der Waals surface area contributed by atoms with Crippen molar-refractivity contribution in [2.24, 2.45) is 0 Å². The Bertz CT molecular complexity index is 1060. The van der Waals surface area contributed by atoms with Crippen molar-refractivity contribution in [1.29, 1.82) is 0 Å². The van der Waals surface area contributed by atoms with Crippen molar-refractivity contribution in [3.05, 3.63) is 96.4 Å². The summed E-state index contributed by atoms with van der Waals surface area (Å²) in [4.78, 5) is 18.9. The summed E-state index contributed by atoms with van der Waals surface area (Å²) in [5.41, 5.74) is 3.56. The van der Waals surface area contributed by atoms with Crippen molar-refractivity contribution < 1.29 is 4.79 Å². The molecule has 0 atom stereocenters. The van der Waals surface area contributed by atoms with E-state index in [-0.39, 0.29) is 5.91 Å². The minimum Gasteiger partial charge on any atom is -0.346 e. The van der Waals surface area contributed by atoms with Crippen LogP contribution >= 0.6 is 0 Å². The molecule has 3 aromatic heterocycles. The Morgan fingerprint density at radius 2 is 1.78 bits per heavy atom. The number of para-hydroxylation sites is 1. The number of rotatable bonds is 5. The van der Waals surface area contributed by atoms with Gasteiger partial charge in [0.05, 0.1) is 17.8 Å². The third-order valence-corrected chi connectivity index (χ3v) is 4.54. The van der Waals surface area contributed by atoms with E-state index >= 15 is 0 Å². The highest BCUT2D eigenvalue weighted by atomic mass is 16.1. The summed E-state index contributed by atoms with van der Waals surface area (Å²) in [5.74, 6) is 0.875.